The highest BCUT2D eigenvalue weighted by molar-refractivity contribution is 7.89. The first-order valence-electron chi connectivity index (χ1n) is 10.4. The average molecular weight is 471 g/mol. The molecule has 0 N–H and O–H groups in total. The zero-order chi connectivity index (χ0) is 23.7. The summed E-state index contributed by atoms with van der Waals surface area (Å²) in [6.07, 6.45) is 4.48. The smallest absolute Gasteiger partial charge is 0.331 e. The number of hydrogen-bond acceptors (Lipinski definition) is 6. The third-order valence-corrected chi connectivity index (χ3v) is 6.88. The van der Waals surface area contributed by atoms with Gasteiger partial charge in [0.25, 0.3) is 5.91 Å². The maximum atomic E-state index is 12.7. The Morgan fingerprint density at radius 2 is 1.64 bits per heavy atom. The van der Waals surface area contributed by atoms with Gasteiger partial charge < -0.3 is 14.4 Å². The molecule has 1 aliphatic heterocycles. The summed E-state index contributed by atoms with van der Waals surface area (Å²) in [5, 5.41) is 0. The van der Waals surface area contributed by atoms with Gasteiger partial charge in [-0.25, -0.2) is 13.2 Å². The molecule has 174 valence electrons. The molecule has 0 atom stereocenters. The summed E-state index contributed by atoms with van der Waals surface area (Å²) in [5.74, 6) is -0.310. The van der Waals surface area contributed by atoms with Crippen molar-refractivity contribution in [3.63, 3.8) is 0 Å². The number of esters is 1. The van der Waals surface area contributed by atoms with E-state index in [-0.39, 0.29) is 37.0 Å². The molecule has 1 saturated heterocycles. The van der Waals surface area contributed by atoms with Crippen LogP contribution in [-0.2, 0) is 24.3 Å². The Balaban J connectivity index is 1.43. The van der Waals surface area contributed by atoms with E-state index in [1.54, 1.807) is 66.7 Å². The summed E-state index contributed by atoms with van der Waals surface area (Å²) < 4.78 is 37.1. The maximum Gasteiger partial charge on any atom is 0.331 e. The van der Waals surface area contributed by atoms with Crippen LogP contribution in [0.4, 0.5) is 0 Å². The predicted molar refractivity (Wildman–Crippen MR) is 124 cm³/mol. The van der Waals surface area contributed by atoms with Crippen LogP contribution in [0.1, 0.15) is 5.56 Å². The van der Waals surface area contributed by atoms with Crippen molar-refractivity contribution in [2.75, 3.05) is 39.4 Å². The molecule has 0 spiro atoms. The van der Waals surface area contributed by atoms with Gasteiger partial charge in [-0.2, -0.15) is 4.31 Å². The molecule has 0 aliphatic carbocycles. The normalized spacial score (nSPS) is 14.7. The van der Waals surface area contributed by atoms with E-state index in [0.29, 0.717) is 12.4 Å². The maximum absolute atomic E-state index is 12.7. The number of rotatable bonds is 9. The highest BCUT2D eigenvalue weighted by Gasteiger charge is 2.30. The summed E-state index contributed by atoms with van der Waals surface area (Å²) in [4.78, 5) is 26.0. The molecule has 0 unspecified atom stereocenters. The molecule has 1 aliphatic rings. The van der Waals surface area contributed by atoms with E-state index >= 15 is 0 Å². The molecule has 0 saturated carbocycles. The standard InChI is InChI=1S/C24H26N2O6S/c1-2-18-31-21-11-8-20(9-12-21)10-13-24(28)32-19-23(27)25-14-16-26(17-15-25)33(29,30)22-6-4-3-5-7-22/h2-13H,1,14-19H2/b13-10+. The summed E-state index contributed by atoms with van der Waals surface area (Å²) in [6.45, 7) is 4.43. The number of benzene rings is 2. The van der Waals surface area contributed by atoms with Crippen LogP contribution >= 0.6 is 0 Å². The molecule has 1 heterocycles. The first-order chi connectivity index (χ1) is 15.9. The fourth-order valence-corrected chi connectivity index (χ4v) is 4.63. The third-order valence-electron chi connectivity index (χ3n) is 4.97. The first-order valence-corrected chi connectivity index (χ1v) is 11.9. The lowest BCUT2D eigenvalue weighted by molar-refractivity contribution is -0.148. The van der Waals surface area contributed by atoms with Gasteiger partial charge in [-0.05, 0) is 35.9 Å². The monoisotopic (exact) mass is 470 g/mol. The number of piperazine rings is 1. The summed E-state index contributed by atoms with van der Waals surface area (Å²) in [6, 6.07) is 15.3. The van der Waals surface area contributed by atoms with Crippen LogP contribution in [0.25, 0.3) is 6.08 Å². The predicted octanol–water partition coefficient (Wildman–Crippen LogP) is 2.34. The second-order valence-electron chi connectivity index (χ2n) is 7.21. The molecule has 0 bridgehead atoms. The summed E-state index contributed by atoms with van der Waals surface area (Å²) >= 11 is 0. The molecular weight excluding hydrogens is 444 g/mol. The van der Waals surface area contributed by atoms with Gasteiger partial charge in [-0.1, -0.05) is 43.0 Å². The Hall–Kier alpha value is -3.43. The zero-order valence-electron chi connectivity index (χ0n) is 18.1. The molecule has 8 nitrogen and oxygen atoms in total. The van der Waals surface area contributed by atoms with Crippen molar-refractivity contribution in [1.82, 2.24) is 9.21 Å². The van der Waals surface area contributed by atoms with Gasteiger partial charge >= 0.3 is 5.97 Å². The number of carbonyl (C=O) groups is 2. The van der Waals surface area contributed by atoms with Crippen LogP contribution in [0.3, 0.4) is 0 Å². The lowest BCUT2D eigenvalue weighted by Gasteiger charge is -2.33. The molecule has 9 heteroatoms. The molecular formula is C24H26N2O6S. The minimum Gasteiger partial charge on any atom is -0.490 e. The van der Waals surface area contributed by atoms with Crippen molar-refractivity contribution in [3.8, 4) is 5.75 Å². The Morgan fingerprint density at radius 1 is 0.970 bits per heavy atom. The van der Waals surface area contributed by atoms with Gasteiger partial charge in [0, 0.05) is 32.3 Å². The quantitative estimate of drug-likeness (QED) is 0.317. The summed E-state index contributed by atoms with van der Waals surface area (Å²) in [7, 11) is -3.59. The Bertz CT molecular complexity index is 1090. The first kappa shape index (κ1) is 24.2. The minimum absolute atomic E-state index is 0.184. The Morgan fingerprint density at radius 3 is 2.27 bits per heavy atom. The van der Waals surface area contributed by atoms with Gasteiger partial charge in [-0.15, -0.1) is 0 Å². The van der Waals surface area contributed by atoms with Crippen molar-refractivity contribution >= 4 is 28.0 Å². The van der Waals surface area contributed by atoms with E-state index in [4.69, 9.17) is 9.47 Å². The number of ether oxygens (including phenoxy) is 2. The number of amides is 1. The highest BCUT2D eigenvalue weighted by Crippen LogP contribution is 2.17. The molecule has 0 aromatic heterocycles. The van der Waals surface area contributed by atoms with Crippen molar-refractivity contribution in [2.24, 2.45) is 0 Å². The van der Waals surface area contributed by atoms with Crippen LogP contribution in [-0.4, -0.2) is 68.9 Å². The second kappa shape index (κ2) is 11.4. The second-order valence-corrected chi connectivity index (χ2v) is 9.15. The molecule has 1 fully saturated rings. The molecule has 0 radical (unpaired) electrons. The topological polar surface area (TPSA) is 93.2 Å². The van der Waals surface area contributed by atoms with E-state index in [1.165, 1.54) is 15.3 Å². The minimum atomic E-state index is -3.59. The zero-order valence-corrected chi connectivity index (χ0v) is 18.9. The number of nitrogens with zero attached hydrogens (tertiary/aromatic N) is 2. The highest BCUT2D eigenvalue weighted by atomic mass is 32.2. The lowest BCUT2D eigenvalue weighted by atomic mass is 10.2. The SMILES string of the molecule is C=CCOc1ccc(/C=C/C(=O)OCC(=O)N2CCN(S(=O)(=O)c3ccccc3)CC2)cc1. The van der Waals surface area contributed by atoms with Gasteiger partial charge in [0.1, 0.15) is 12.4 Å². The van der Waals surface area contributed by atoms with Gasteiger partial charge in [0.2, 0.25) is 10.0 Å². The molecule has 33 heavy (non-hydrogen) atoms. The largest absolute Gasteiger partial charge is 0.490 e. The van der Waals surface area contributed by atoms with E-state index in [0.717, 1.165) is 5.56 Å². The van der Waals surface area contributed by atoms with Crippen LogP contribution in [0.5, 0.6) is 5.75 Å². The molecule has 2 aromatic carbocycles. The summed E-state index contributed by atoms with van der Waals surface area (Å²) in [5.41, 5.74) is 0.778. The van der Waals surface area contributed by atoms with E-state index < -0.39 is 22.6 Å². The van der Waals surface area contributed by atoms with Crippen molar-refractivity contribution in [1.29, 1.82) is 0 Å². The van der Waals surface area contributed by atoms with Crippen LogP contribution in [0.2, 0.25) is 0 Å². The van der Waals surface area contributed by atoms with Gasteiger partial charge in [0.15, 0.2) is 6.61 Å². The fourth-order valence-electron chi connectivity index (χ4n) is 3.19. The van der Waals surface area contributed by atoms with Crippen LogP contribution < -0.4 is 4.74 Å². The average Bonchev–Trinajstić information content (AvgIpc) is 2.86. The Labute approximate surface area is 193 Å². The lowest BCUT2D eigenvalue weighted by Crippen LogP contribution is -2.51. The molecule has 3 rings (SSSR count). The molecule has 1 amide bonds. The number of carbonyl (C=O) groups excluding carboxylic acids is 2. The van der Waals surface area contributed by atoms with Gasteiger partial charge in [0.05, 0.1) is 4.90 Å². The van der Waals surface area contributed by atoms with Gasteiger partial charge in [-0.3, -0.25) is 4.79 Å². The fraction of sp³-hybridized carbons (Fsp3) is 0.250. The van der Waals surface area contributed by atoms with E-state index in [9.17, 15) is 18.0 Å². The van der Waals surface area contributed by atoms with E-state index in [1.807, 2.05) is 0 Å². The number of hydrogen-bond donors (Lipinski definition) is 0. The Kier molecular flexibility index (Phi) is 8.39. The molecule has 2 aromatic rings. The van der Waals surface area contributed by atoms with Crippen LogP contribution in [0, 0.1) is 0 Å². The van der Waals surface area contributed by atoms with E-state index in [2.05, 4.69) is 6.58 Å². The number of sulfonamides is 1. The van der Waals surface area contributed by atoms with Crippen molar-refractivity contribution in [2.45, 2.75) is 4.90 Å². The van der Waals surface area contributed by atoms with Crippen molar-refractivity contribution < 1.29 is 27.5 Å². The van der Waals surface area contributed by atoms with Crippen LogP contribution in [0.15, 0.2) is 78.2 Å². The third kappa shape index (κ3) is 6.77. The van der Waals surface area contributed by atoms with Crippen molar-refractivity contribution in [3.05, 3.63) is 78.9 Å².